The molecule has 7 nitrogen and oxygen atoms in total. The van der Waals surface area contributed by atoms with Crippen molar-refractivity contribution in [1.82, 2.24) is 14.5 Å². The van der Waals surface area contributed by atoms with E-state index in [2.05, 4.69) is 16.7 Å². The second-order valence-electron chi connectivity index (χ2n) is 9.95. The number of fused-ring (bicyclic) bond motifs is 3. The molecule has 0 radical (unpaired) electrons. The van der Waals surface area contributed by atoms with Crippen molar-refractivity contribution in [2.24, 2.45) is 0 Å². The highest BCUT2D eigenvalue weighted by Crippen LogP contribution is 2.39. The third kappa shape index (κ3) is 4.38. The van der Waals surface area contributed by atoms with Gasteiger partial charge in [-0.2, -0.15) is 0 Å². The average Bonchev–Trinajstić information content (AvgIpc) is 3.17. The lowest BCUT2D eigenvalue weighted by molar-refractivity contribution is 0.0649. The Labute approximate surface area is 196 Å². The molecule has 0 atom stereocenters. The number of hydrogen-bond acceptors (Lipinski definition) is 5. The number of imidazole rings is 1. The molecule has 3 heterocycles. The molecule has 1 aromatic heterocycles. The summed E-state index contributed by atoms with van der Waals surface area (Å²) in [4.78, 5) is 20.3. The summed E-state index contributed by atoms with van der Waals surface area (Å²) in [7, 11) is 3.51. The van der Waals surface area contributed by atoms with E-state index in [1.54, 1.807) is 12.0 Å². The fourth-order valence-electron chi connectivity index (χ4n) is 4.28. The smallest absolute Gasteiger partial charge is 0.274 e. The van der Waals surface area contributed by atoms with Crippen molar-refractivity contribution in [2.75, 3.05) is 27.4 Å². The molecule has 0 saturated carbocycles. The fourth-order valence-corrected chi connectivity index (χ4v) is 4.28. The predicted octanol–water partition coefficient (Wildman–Crippen LogP) is 4.44. The summed E-state index contributed by atoms with van der Waals surface area (Å²) < 4.78 is 19.4. The Morgan fingerprint density at radius 1 is 1.18 bits per heavy atom. The van der Waals surface area contributed by atoms with E-state index in [0.717, 1.165) is 53.4 Å². The first-order valence-corrected chi connectivity index (χ1v) is 11.7. The van der Waals surface area contributed by atoms with Crippen molar-refractivity contribution in [2.45, 2.75) is 65.5 Å². The molecule has 0 unspecified atom stereocenters. The molecular weight excluding hydrogens is 418 g/mol. The van der Waals surface area contributed by atoms with Gasteiger partial charge in [0.2, 0.25) is 0 Å². The standard InChI is InChI=1S/C26H35N3O4/c1-16(2)33-22-15-20-18(14-21(22)31-7)8-9-19-23(25(30)28(6)26(3,4)5)27-24(29(19)20)17-10-12-32-13-11-17/h10,14-16H,8-9,11-13H2,1-7H3. The molecule has 0 spiro atoms. The van der Waals surface area contributed by atoms with Gasteiger partial charge in [-0.3, -0.25) is 9.36 Å². The number of carbonyl (C=O) groups excluding carboxylic acids is 1. The topological polar surface area (TPSA) is 65.8 Å². The summed E-state index contributed by atoms with van der Waals surface area (Å²) in [5.74, 6) is 2.18. The monoisotopic (exact) mass is 453 g/mol. The first-order chi connectivity index (χ1) is 15.6. The number of rotatable bonds is 5. The summed E-state index contributed by atoms with van der Waals surface area (Å²) in [6, 6.07) is 4.09. The lowest BCUT2D eigenvalue weighted by Gasteiger charge is -2.32. The number of aryl methyl sites for hydroxylation is 1. The average molecular weight is 454 g/mol. The van der Waals surface area contributed by atoms with Crippen molar-refractivity contribution < 1.29 is 19.0 Å². The van der Waals surface area contributed by atoms with Crippen LogP contribution in [0.1, 0.15) is 68.6 Å². The SMILES string of the molecule is COc1cc2c(cc1OC(C)C)-n1c(C3=CCOCC3)nc(C(=O)N(C)C(C)(C)C)c1CC2. The summed E-state index contributed by atoms with van der Waals surface area (Å²) in [6.07, 6.45) is 4.39. The van der Waals surface area contributed by atoms with Gasteiger partial charge in [-0.05, 0) is 71.1 Å². The highest BCUT2D eigenvalue weighted by atomic mass is 16.5. The third-order valence-corrected chi connectivity index (χ3v) is 6.34. The van der Waals surface area contributed by atoms with Crippen LogP contribution >= 0.6 is 0 Å². The highest BCUT2D eigenvalue weighted by molar-refractivity contribution is 5.95. The predicted molar refractivity (Wildman–Crippen MR) is 129 cm³/mol. The largest absolute Gasteiger partial charge is 0.493 e. The molecule has 7 heteroatoms. The van der Waals surface area contributed by atoms with E-state index in [0.29, 0.717) is 24.7 Å². The molecule has 4 rings (SSSR count). The van der Waals surface area contributed by atoms with Gasteiger partial charge in [0.1, 0.15) is 5.82 Å². The van der Waals surface area contributed by atoms with Crippen LogP contribution in [-0.2, 0) is 17.6 Å². The summed E-state index contributed by atoms with van der Waals surface area (Å²) in [5.41, 5.74) is 4.44. The second kappa shape index (κ2) is 8.86. The molecule has 2 aromatic rings. The second-order valence-corrected chi connectivity index (χ2v) is 9.95. The number of methoxy groups -OCH3 is 1. The molecule has 0 fully saturated rings. The van der Waals surface area contributed by atoms with E-state index in [1.807, 2.05) is 47.7 Å². The number of nitrogens with zero attached hydrogens (tertiary/aromatic N) is 3. The van der Waals surface area contributed by atoms with Crippen LogP contribution in [0.25, 0.3) is 11.3 Å². The maximum absolute atomic E-state index is 13.5. The van der Waals surface area contributed by atoms with Gasteiger partial charge in [0.05, 0.1) is 37.8 Å². The van der Waals surface area contributed by atoms with Gasteiger partial charge >= 0.3 is 0 Å². The molecule has 178 valence electrons. The molecule has 0 N–H and O–H groups in total. The Hall–Kier alpha value is -2.80. The lowest BCUT2D eigenvalue weighted by atomic mass is 9.98. The molecule has 0 aliphatic carbocycles. The number of amides is 1. The van der Waals surface area contributed by atoms with E-state index in [9.17, 15) is 4.79 Å². The van der Waals surface area contributed by atoms with Crippen LogP contribution in [0.4, 0.5) is 0 Å². The quantitative estimate of drug-likeness (QED) is 0.670. The van der Waals surface area contributed by atoms with Crippen LogP contribution in [-0.4, -0.2) is 59.4 Å². The molecule has 0 bridgehead atoms. The van der Waals surface area contributed by atoms with Gasteiger partial charge < -0.3 is 19.1 Å². The van der Waals surface area contributed by atoms with Crippen LogP contribution in [0.2, 0.25) is 0 Å². The fraction of sp³-hybridized carbons (Fsp3) is 0.538. The van der Waals surface area contributed by atoms with Gasteiger partial charge in [0.25, 0.3) is 5.91 Å². The van der Waals surface area contributed by atoms with Gasteiger partial charge in [0, 0.05) is 18.7 Å². The minimum Gasteiger partial charge on any atom is -0.493 e. The van der Waals surface area contributed by atoms with E-state index in [1.165, 1.54) is 0 Å². The molecule has 0 saturated heterocycles. The van der Waals surface area contributed by atoms with Crippen molar-refractivity contribution in [3.63, 3.8) is 0 Å². The summed E-state index contributed by atoms with van der Waals surface area (Å²) >= 11 is 0. The number of hydrogen-bond donors (Lipinski definition) is 0. The lowest BCUT2D eigenvalue weighted by Crippen LogP contribution is -2.43. The van der Waals surface area contributed by atoms with E-state index in [-0.39, 0.29) is 17.6 Å². The number of aromatic nitrogens is 2. The van der Waals surface area contributed by atoms with Crippen molar-refractivity contribution >= 4 is 11.5 Å². The first-order valence-electron chi connectivity index (χ1n) is 11.7. The Bertz CT molecular complexity index is 1090. The Balaban J connectivity index is 1.92. The molecule has 1 aromatic carbocycles. The number of benzene rings is 1. The molecular formula is C26H35N3O4. The Morgan fingerprint density at radius 2 is 1.94 bits per heavy atom. The number of ether oxygens (including phenoxy) is 3. The summed E-state index contributed by atoms with van der Waals surface area (Å²) in [6.45, 7) is 11.3. The van der Waals surface area contributed by atoms with Crippen LogP contribution in [0, 0.1) is 0 Å². The Kier molecular flexibility index (Phi) is 6.27. The van der Waals surface area contributed by atoms with Gasteiger partial charge in [-0.25, -0.2) is 4.98 Å². The normalized spacial score (nSPS) is 15.6. The zero-order chi connectivity index (χ0) is 23.9. The number of carbonyl (C=O) groups is 1. The summed E-state index contributed by atoms with van der Waals surface area (Å²) in [5, 5.41) is 0. The highest BCUT2D eigenvalue weighted by Gasteiger charge is 2.33. The molecule has 2 aliphatic heterocycles. The zero-order valence-electron chi connectivity index (χ0n) is 20.8. The van der Waals surface area contributed by atoms with E-state index in [4.69, 9.17) is 19.2 Å². The van der Waals surface area contributed by atoms with E-state index >= 15 is 0 Å². The van der Waals surface area contributed by atoms with Crippen LogP contribution in [0.3, 0.4) is 0 Å². The van der Waals surface area contributed by atoms with Crippen molar-refractivity contribution in [3.05, 3.63) is 41.0 Å². The van der Waals surface area contributed by atoms with Crippen molar-refractivity contribution in [3.8, 4) is 17.2 Å². The van der Waals surface area contributed by atoms with Gasteiger partial charge in [-0.15, -0.1) is 0 Å². The van der Waals surface area contributed by atoms with Crippen molar-refractivity contribution in [1.29, 1.82) is 0 Å². The molecule has 2 aliphatic rings. The maximum Gasteiger partial charge on any atom is 0.274 e. The van der Waals surface area contributed by atoms with Gasteiger partial charge in [0.15, 0.2) is 17.2 Å². The molecule has 33 heavy (non-hydrogen) atoms. The van der Waals surface area contributed by atoms with Crippen LogP contribution in [0.15, 0.2) is 18.2 Å². The molecule has 1 amide bonds. The first kappa shape index (κ1) is 23.4. The zero-order valence-corrected chi connectivity index (χ0v) is 20.8. The van der Waals surface area contributed by atoms with E-state index < -0.39 is 0 Å². The Morgan fingerprint density at radius 3 is 2.55 bits per heavy atom. The minimum atomic E-state index is -0.302. The third-order valence-electron chi connectivity index (χ3n) is 6.34. The van der Waals surface area contributed by atoms with Crippen LogP contribution in [0.5, 0.6) is 11.5 Å². The van der Waals surface area contributed by atoms with Gasteiger partial charge in [-0.1, -0.05) is 6.08 Å². The van der Waals surface area contributed by atoms with Crippen LogP contribution < -0.4 is 9.47 Å². The minimum absolute atomic E-state index is 0.0121. The maximum atomic E-state index is 13.5.